The van der Waals surface area contributed by atoms with Crippen LogP contribution in [0.2, 0.25) is 0 Å². The van der Waals surface area contributed by atoms with Gasteiger partial charge in [-0.25, -0.2) is 0 Å². The number of pyridine rings is 1. The maximum Gasteiger partial charge on any atom is 0.171 e. The molecule has 1 saturated heterocycles. The van der Waals surface area contributed by atoms with Crippen LogP contribution >= 0.6 is 0 Å². The number of hydrogen-bond donors (Lipinski definition) is 0. The first-order valence-electron chi connectivity index (χ1n) is 4.99. The van der Waals surface area contributed by atoms with Crippen molar-refractivity contribution < 1.29 is 14.2 Å². The average Bonchev–Trinajstić information content (AvgIpc) is 2.66. The minimum Gasteiger partial charge on any atom is -0.495 e. The van der Waals surface area contributed by atoms with E-state index < -0.39 is 5.79 Å². The summed E-state index contributed by atoms with van der Waals surface area (Å²) < 4.78 is 16.3. The molecule has 0 N–H and O–H groups in total. The second-order valence-electron chi connectivity index (χ2n) is 3.66. The summed E-state index contributed by atoms with van der Waals surface area (Å²) in [6.07, 6.45) is 2.35. The molecule has 0 aromatic carbocycles. The molecule has 2 rings (SSSR count). The van der Waals surface area contributed by atoms with E-state index in [0.717, 1.165) is 11.4 Å². The van der Waals surface area contributed by atoms with Crippen LogP contribution in [0.5, 0.6) is 5.75 Å². The number of ether oxygens (including phenoxy) is 3. The first kappa shape index (κ1) is 10.4. The number of methoxy groups -OCH3 is 1. The Labute approximate surface area is 89.2 Å². The lowest BCUT2D eigenvalue weighted by atomic mass is 10.1. The van der Waals surface area contributed by atoms with E-state index in [1.807, 2.05) is 19.1 Å². The average molecular weight is 209 g/mol. The van der Waals surface area contributed by atoms with E-state index >= 15 is 0 Å². The fraction of sp³-hybridized carbons (Fsp3) is 0.545. The molecule has 4 nitrogen and oxygen atoms in total. The summed E-state index contributed by atoms with van der Waals surface area (Å²) >= 11 is 0. The standard InChI is InChI=1S/C11H15NO3/c1-11(14-6-7-15-11)8-9-10(13-2)4-3-5-12-9/h3-5H,6-8H2,1-2H3. The van der Waals surface area contributed by atoms with E-state index in [1.54, 1.807) is 13.3 Å². The molecule has 0 spiro atoms. The highest BCUT2D eigenvalue weighted by molar-refractivity contribution is 5.27. The largest absolute Gasteiger partial charge is 0.495 e. The molecule has 0 unspecified atom stereocenters. The molecule has 0 atom stereocenters. The van der Waals surface area contributed by atoms with Crippen molar-refractivity contribution >= 4 is 0 Å². The highest BCUT2D eigenvalue weighted by Gasteiger charge is 2.32. The molecule has 82 valence electrons. The number of aromatic nitrogens is 1. The zero-order valence-electron chi connectivity index (χ0n) is 9.03. The zero-order chi connectivity index (χ0) is 10.7. The van der Waals surface area contributed by atoms with Gasteiger partial charge in [0, 0.05) is 12.6 Å². The van der Waals surface area contributed by atoms with Crippen LogP contribution in [-0.2, 0) is 15.9 Å². The van der Waals surface area contributed by atoms with Crippen LogP contribution in [0, 0.1) is 0 Å². The van der Waals surface area contributed by atoms with Gasteiger partial charge in [-0.2, -0.15) is 0 Å². The van der Waals surface area contributed by atoms with Crippen LogP contribution < -0.4 is 4.74 Å². The van der Waals surface area contributed by atoms with Crippen molar-refractivity contribution in [3.05, 3.63) is 24.0 Å². The van der Waals surface area contributed by atoms with E-state index in [1.165, 1.54) is 0 Å². The molecule has 2 heterocycles. The summed E-state index contributed by atoms with van der Waals surface area (Å²) in [5.41, 5.74) is 0.865. The minimum atomic E-state index is -0.554. The molecule has 0 amide bonds. The maximum atomic E-state index is 5.53. The monoisotopic (exact) mass is 209 g/mol. The molecule has 0 saturated carbocycles. The fourth-order valence-electron chi connectivity index (χ4n) is 1.70. The van der Waals surface area contributed by atoms with Crippen molar-refractivity contribution in [1.82, 2.24) is 4.98 Å². The van der Waals surface area contributed by atoms with Crippen LogP contribution in [-0.4, -0.2) is 31.1 Å². The third-order valence-corrected chi connectivity index (χ3v) is 2.46. The number of nitrogens with zero attached hydrogens (tertiary/aromatic N) is 1. The predicted octanol–water partition coefficient (Wildman–Crippen LogP) is 1.40. The van der Waals surface area contributed by atoms with E-state index in [4.69, 9.17) is 14.2 Å². The van der Waals surface area contributed by atoms with Gasteiger partial charge in [0.2, 0.25) is 0 Å². The summed E-state index contributed by atoms with van der Waals surface area (Å²) in [5.74, 6) is 0.222. The summed E-state index contributed by atoms with van der Waals surface area (Å²) in [5, 5.41) is 0. The Hall–Kier alpha value is -1.13. The molecular formula is C11H15NO3. The Morgan fingerprint density at radius 1 is 1.47 bits per heavy atom. The van der Waals surface area contributed by atoms with Gasteiger partial charge in [-0.15, -0.1) is 0 Å². The van der Waals surface area contributed by atoms with E-state index in [0.29, 0.717) is 19.6 Å². The molecule has 0 radical (unpaired) electrons. The second kappa shape index (κ2) is 4.16. The Morgan fingerprint density at radius 3 is 2.87 bits per heavy atom. The van der Waals surface area contributed by atoms with Crippen LogP contribution in [0.1, 0.15) is 12.6 Å². The van der Waals surface area contributed by atoms with E-state index in [-0.39, 0.29) is 0 Å². The Bertz CT molecular complexity index is 334. The normalized spacial score (nSPS) is 19.1. The van der Waals surface area contributed by atoms with Crippen LogP contribution in [0.3, 0.4) is 0 Å². The van der Waals surface area contributed by atoms with Crippen molar-refractivity contribution in [2.75, 3.05) is 20.3 Å². The van der Waals surface area contributed by atoms with Crippen molar-refractivity contribution in [1.29, 1.82) is 0 Å². The van der Waals surface area contributed by atoms with Gasteiger partial charge in [0.25, 0.3) is 0 Å². The molecule has 0 bridgehead atoms. The zero-order valence-corrected chi connectivity index (χ0v) is 9.03. The van der Waals surface area contributed by atoms with Gasteiger partial charge in [-0.1, -0.05) is 0 Å². The Kier molecular flexibility index (Phi) is 2.88. The SMILES string of the molecule is COc1cccnc1CC1(C)OCCO1. The van der Waals surface area contributed by atoms with Crippen LogP contribution in [0.15, 0.2) is 18.3 Å². The predicted molar refractivity (Wildman–Crippen MR) is 54.8 cm³/mol. The van der Waals surface area contributed by atoms with Gasteiger partial charge in [-0.3, -0.25) is 4.98 Å². The second-order valence-corrected chi connectivity index (χ2v) is 3.66. The molecule has 1 aromatic rings. The summed E-state index contributed by atoms with van der Waals surface area (Å²) in [4.78, 5) is 4.27. The molecule has 1 aliphatic rings. The lowest BCUT2D eigenvalue weighted by molar-refractivity contribution is -0.141. The van der Waals surface area contributed by atoms with Gasteiger partial charge in [-0.05, 0) is 19.1 Å². The first-order chi connectivity index (χ1) is 7.23. The molecule has 4 heteroatoms. The quantitative estimate of drug-likeness (QED) is 0.754. The van der Waals surface area contributed by atoms with E-state index in [2.05, 4.69) is 4.98 Å². The minimum absolute atomic E-state index is 0.554. The summed E-state index contributed by atoms with van der Waals surface area (Å²) in [6.45, 7) is 3.21. The highest BCUT2D eigenvalue weighted by Crippen LogP contribution is 2.26. The fourth-order valence-corrected chi connectivity index (χ4v) is 1.70. The van der Waals surface area contributed by atoms with Crippen molar-refractivity contribution in [2.45, 2.75) is 19.1 Å². The van der Waals surface area contributed by atoms with Crippen LogP contribution in [0.4, 0.5) is 0 Å². The lowest BCUT2D eigenvalue weighted by Gasteiger charge is -2.22. The Morgan fingerprint density at radius 2 is 2.20 bits per heavy atom. The summed E-state index contributed by atoms with van der Waals surface area (Å²) in [7, 11) is 1.64. The van der Waals surface area contributed by atoms with Crippen molar-refractivity contribution in [3.63, 3.8) is 0 Å². The molecule has 0 aliphatic carbocycles. The Balaban J connectivity index is 2.16. The number of rotatable bonds is 3. The van der Waals surface area contributed by atoms with Crippen LogP contribution in [0.25, 0.3) is 0 Å². The molecule has 1 fully saturated rings. The van der Waals surface area contributed by atoms with Gasteiger partial charge < -0.3 is 14.2 Å². The van der Waals surface area contributed by atoms with Gasteiger partial charge in [0.05, 0.1) is 26.0 Å². The molecule has 1 aromatic heterocycles. The molecular weight excluding hydrogens is 194 g/mol. The van der Waals surface area contributed by atoms with Gasteiger partial charge >= 0.3 is 0 Å². The third kappa shape index (κ3) is 2.27. The third-order valence-electron chi connectivity index (χ3n) is 2.46. The smallest absolute Gasteiger partial charge is 0.171 e. The van der Waals surface area contributed by atoms with Gasteiger partial charge in [0.1, 0.15) is 5.75 Å². The first-order valence-corrected chi connectivity index (χ1v) is 4.99. The topological polar surface area (TPSA) is 40.6 Å². The summed E-state index contributed by atoms with van der Waals surface area (Å²) in [6, 6.07) is 3.74. The number of hydrogen-bond acceptors (Lipinski definition) is 4. The molecule has 15 heavy (non-hydrogen) atoms. The van der Waals surface area contributed by atoms with Gasteiger partial charge in [0.15, 0.2) is 5.79 Å². The van der Waals surface area contributed by atoms with E-state index in [9.17, 15) is 0 Å². The van der Waals surface area contributed by atoms with Crippen molar-refractivity contribution in [2.24, 2.45) is 0 Å². The highest BCUT2D eigenvalue weighted by atomic mass is 16.7. The lowest BCUT2D eigenvalue weighted by Crippen LogP contribution is -2.29. The molecule has 1 aliphatic heterocycles. The maximum absolute atomic E-state index is 5.53. The van der Waals surface area contributed by atoms with Crippen molar-refractivity contribution in [3.8, 4) is 5.75 Å².